The number of rotatable bonds is 0. The van der Waals surface area contributed by atoms with Crippen molar-refractivity contribution in [2.45, 2.75) is 120 Å². The summed E-state index contributed by atoms with van der Waals surface area (Å²) >= 11 is 0. The summed E-state index contributed by atoms with van der Waals surface area (Å²) in [6.07, 6.45) is -2.00. The summed E-state index contributed by atoms with van der Waals surface area (Å²) in [4.78, 5) is 0. The molecule has 7 heteroatoms. The molecular weight excluding hydrogens is 360 g/mol. The van der Waals surface area contributed by atoms with Gasteiger partial charge in [0.25, 0.3) is 0 Å². The van der Waals surface area contributed by atoms with E-state index >= 15 is 0 Å². The van der Waals surface area contributed by atoms with Crippen LogP contribution < -0.4 is 20.4 Å². The van der Waals surface area contributed by atoms with Crippen LogP contribution in [0.25, 0.3) is 0 Å². The molecule has 25 heavy (non-hydrogen) atoms. The Balaban J connectivity index is -0.0000000309. The molecule has 0 aromatic heterocycles. The normalized spacial score (nSPS) is 8.64. The Labute approximate surface area is 172 Å². The van der Waals surface area contributed by atoms with Gasteiger partial charge in [0.15, 0.2) is 0 Å². The van der Waals surface area contributed by atoms with Crippen LogP contribution >= 0.6 is 0 Å². The quantitative estimate of drug-likeness (QED) is 0.537. The number of hydrogen-bond donors (Lipinski definition) is 2. The van der Waals surface area contributed by atoms with Crippen LogP contribution in [0.1, 0.15) is 83.1 Å². The number of aliphatic hydroxyl groups excluding tert-OH is 2. The molecule has 0 aliphatic carbocycles. The molecule has 0 atom stereocenters. The smallest absolute Gasteiger partial charge is 0.852 e. The zero-order valence-electron chi connectivity index (χ0n) is 18.5. The maximum atomic E-state index is 9.53. The molecule has 0 aliphatic rings. The molecule has 0 unspecified atom stereocenters. The van der Waals surface area contributed by atoms with Crippen LogP contribution in [0.15, 0.2) is 0 Å². The molecule has 0 fully saturated rings. The molecule has 0 saturated heterocycles. The second-order valence-electron chi connectivity index (χ2n) is 6.38. The Morgan fingerprint density at radius 1 is 0.400 bits per heavy atom. The molecule has 0 amide bonds. The van der Waals surface area contributed by atoms with Gasteiger partial charge >= 0.3 is 21.7 Å². The third-order valence-electron chi connectivity index (χ3n) is 0. The zero-order chi connectivity index (χ0) is 21.5. The molecule has 0 radical (unpaired) electrons. The van der Waals surface area contributed by atoms with Gasteiger partial charge in [0.2, 0.25) is 0 Å². The first-order chi connectivity index (χ1) is 10.4. The number of aliphatic hydroxyl groups is 2. The van der Waals surface area contributed by atoms with Gasteiger partial charge in [-0.1, -0.05) is 55.4 Å². The Hall–Kier alpha value is 0.474. The van der Waals surface area contributed by atoms with E-state index in [0.717, 1.165) is 0 Å². The van der Waals surface area contributed by atoms with Crippen molar-refractivity contribution in [3.05, 3.63) is 0 Å². The minimum Gasteiger partial charge on any atom is -0.852 e. The molecular formula is C18H44O6Ti. The minimum absolute atomic E-state index is 0. The van der Waals surface area contributed by atoms with Gasteiger partial charge in [-0.15, -0.1) is 24.4 Å². The van der Waals surface area contributed by atoms with Crippen molar-refractivity contribution in [2.75, 3.05) is 0 Å². The number of hydrogen-bond acceptors (Lipinski definition) is 6. The summed E-state index contributed by atoms with van der Waals surface area (Å²) in [6.45, 7) is 19.8. The Morgan fingerprint density at radius 2 is 0.400 bits per heavy atom. The standard InChI is InChI=1S/2C3H8O.4C3H7O.Ti/c6*1-3(2)4;/h2*3-4H,1-2H3;4*3H,1-2H3;/q;;4*-1;+4. The van der Waals surface area contributed by atoms with E-state index in [9.17, 15) is 20.4 Å². The van der Waals surface area contributed by atoms with Gasteiger partial charge < -0.3 is 30.6 Å². The summed E-state index contributed by atoms with van der Waals surface area (Å²) in [5.41, 5.74) is 0. The van der Waals surface area contributed by atoms with Gasteiger partial charge in [-0.3, -0.25) is 0 Å². The van der Waals surface area contributed by atoms with E-state index in [1.165, 1.54) is 0 Å². The average Bonchev–Trinajstić information content (AvgIpc) is 2.08. The van der Waals surface area contributed by atoms with E-state index in [2.05, 4.69) is 0 Å². The predicted octanol–water partition coefficient (Wildman–Crippen LogP) is -0.208. The molecule has 0 spiro atoms. The molecule has 0 rings (SSSR count). The van der Waals surface area contributed by atoms with Gasteiger partial charge in [-0.25, -0.2) is 0 Å². The van der Waals surface area contributed by atoms with Crippen molar-refractivity contribution in [1.29, 1.82) is 0 Å². The first kappa shape index (κ1) is 44.7. The molecule has 0 bridgehead atoms. The van der Waals surface area contributed by atoms with E-state index in [1.807, 2.05) is 0 Å². The van der Waals surface area contributed by atoms with E-state index in [1.54, 1.807) is 83.1 Å². The Morgan fingerprint density at radius 3 is 0.400 bits per heavy atom. The van der Waals surface area contributed by atoms with E-state index in [0.29, 0.717) is 0 Å². The van der Waals surface area contributed by atoms with Gasteiger partial charge in [-0.2, -0.15) is 0 Å². The van der Waals surface area contributed by atoms with Crippen LogP contribution in [-0.4, -0.2) is 46.8 Å². The predicted molar refractivity (Wildman–Crippen MR) is 95.3 cm³/mol. The molecule has 0 aliphatic heterocycles. The van der Waals surface area contributed by atoms with Crippen molar-refractivity contribution in [2.24, 2.45) is 0 Å². The fraction of sp³-hybridized carbons (Fsp3) is 1.00. The SMILES string of the molecule is CC(C)O.CC(C)O.CC(C)[O-].CC(C)[O-].CC(C)[O-].CC(C)[O-].[Ti+4]. The summed E-state index contributed by atoms with van der Waals surface area (Å²) in [5.74, 6) is 0. The summed E-state index contributed by atoms with van der Waals surface area (Å²) in [7, 11) is 0. The Bertz CT molecular complexity index is 101. The monoisotopic (exact) mass is 404 g/mol. The average molecular weight is 404 g/mol. The van der Waals surface area contributed by atoms with Crippen LogP contribution in [0.2, 0.25) is 0 Å². The minimum atomic E-state index is -0.417. The van der Waals surface area contributed by atoms with Gasteiger partial charge in [0.1, 0.15) is 0 Å². The van der Waals surface area contributed by atoms with Crippen LogP contribution in [0, 0.1) is 0 Å². The van der Waals surface area contributed by atoms with Crippen LogP contribution in [0.5, 0.6) is 0 Å². The van der Waals surface area contributed by atoms with Crippen LogP contribution in [-0.2, 0) is 21.7 Å². The summed E-state index contributed by atoms with van der Waals surface area (Å²) < 4.78 is 0. The van der Waals surface area contributed by atoms with Crippen LogP contribution in [0.4, 0.5) is 0 Å². The second-order valence-corrected chi connectivity index (χ2v) is 6.38. The first-order valence-electron chi connectivity index (χ1n) is 8.39. The second kappa shape index (κ2) is 39.5. The third kappa shape index (κ3) is 55000. The van der Waals surface area contributed by atoms with Crippen LogP contribution in [0.3, 0.4) is 0 Å². The van der Waals surface area contributed by atoms with Crippen molar-refractivity contribution in [3.8, 4) is 0 Å². The largest absolute Gasteiger partial charge is 4.00 e. The molecule has 0 aromatic carbocycles. The molecule has 0 saturated carbocycles. The molecule has 156 valence electrons. The zero-order valence-corrected chi connectivity index (χ0v) is 20.1. The van der Waals surface area contributed by atoms with E-state index in [4.69, 9.17) is 10.2 Å². The Kier molecular flexibility index (Phi) is 70.7. The van der Waals surface area contributed by atoms with Crippen molar-refractivity contribution >= 4 is 0 Å². The van der Waals surface area contributed by atoms with E-state index in [-0.39, 0.29) is 33.9 Å². The van der Waals surface area contributed by atoms with Gasteiger partial charge in [0.05, 0.1) is 0 Å². The maximum absolute atomic E-state index is 9.53. The third-order valence-corrected chi connectivity index (χ3v) is 0. The topological polar surface area (TPSA) is 133 Å². The first-order valence-corrected chi connectivity index (χ1v) is 8.39. The fourth-order valence-corrected chi connectivity index (χ4v) is 0. The maximum Gasteiger partial charge on any atom is 4.00 e. The van der Waals surface area contributed by atoms with Crippen molar-refractivity contribution in [3.63, 3.8) is 0 Å². The molecule has 0 aromatic rings. The summed E-state index contributed by atoms with van der Waals surface area (Å²) in [5, 5.41) is 54.2. The molecule has 2 N–H and O–H groups in total. The molecule has 0 heterocycles. The van der Waals surface area contributed by atoms with Gasteiger partial charge in [0, 0.05) is 12.2 Å². The van der Waals surface area contributed by atoms with Crippen molar-refractivity contribution in [1.82, 2.24) is 0 Å². The molecule has 6 nitrogen and oxygen atoms in total. The van der Waals surface area contributed by atoms with Gasteiger partial charge in [-0.05, 0) is 27.7 Å². The fourth-order valence-electron chi connectivity index (χ4n) is 0. The van der Waals surface area contributed by atoms with E-state index < -0.39 is 24.4 Å². The van der Waals surface area contributed by atoms with Crippen molar-refractivity contribution < 1.29 is 52.4 Å². The summed E-state index contributed by atoms with van der Waals surface area (Å²) in [6, 6.07) is 0.